The lowest BCUT2D eigenvalue weighted by Gasteiger charge is -2.35. The second kappa shape index (κ2) is 22.0. The Bertz CT molecular complexity index is 1830. The zero-order valence-electron chi connectivity index (χ0n) is 36.0. The molecule has 0 radical (unpaired) electrons. The van der Waals surface area contributed by atoms with E-state index in [2.05, 4.69) is 21.3 Å². The zero-order valence-corrected chi connectivity index (χ0v) is 36.0. The summed E-state index contributed by atoms with van der Waals surface area (Å²) in [4.78, 5) is 83.5. The van der Waals surface area contributed by atoms with E-state index in [-0.39, 0.29) is 43.5 Å². The highest BCUT2D eigenvalue weighted by atomic mass is 16.6. The Morgan fingerprint density at radius 1 is 0.984 bits per heavy atom. The number of carbonyl (C=O) groups is 6. The van der Waals surface area contributed by atoms with Crippen LogP contribution in [0.15, 0.2) is 48.5 Å². The van der Waals surface area contributed by atoms with E-state index in [9.17, 15) is 33.9 Å². The molecule has 3 unspecified atom stereocenters. The van der Waals surface area contributed by atoms with E-state index in [1.54, 1.807) is 69.3 Å². The van der Waals surface area contributed by atoms with Gasteiger partial charge in [0.25, 0.3) is 5.91 Å². The Morgan fingerprint density at radius 3 is 2.41 bits per heavy atom. The van der Waals surface area contributed by atoms with Crippen molar-refractivity contribution in [2.24, 2.45) is 5.92 Å². The van der Waals surface area contributed by atoms with Crippen molar-refractivity contribution < 1.29 is 52.8 Å². The van der Waals surface area contributed by atoms with Gasteiger partial charge in [-0.05, 0) is 69.2 Å². The van der Waals surface area contributed by atoms with Crippen LogP contribution in [-0.2, 0) is 44.7 Å². The topological polar surface area (TPSA) is 211 Å². The first-order chi connectivity index (χ1) is 29.1. The van der Waals surface area contributed by atoms with E-state index in [0.717, 1.165) is 32.1 Å². The minimum Gasteiger partial charge on any atom is -0.497 e. The van der Waals surface area contributed by atoms with Gasteiger partial charge in [-0.1, -0.05) is 62.9 Å². The molecule has 1 saturated heterocycles. The maximum absolute atomic E-state index is 14.7. The molecule has 0 spiro atoms. The average Bonchev–Trinajstić information content (AvgIpc) is 3.67. The van der Waals surface area contributed by atoms with E-state index in [4.69, 9.17) is 18.9 Å². The number of carbonyl (C=O) groups excluding carboxylic acids is 6. The second-order valence-electron chi connectivity index (χ2n) is 17.1. The van der Waals surface area contributed by atoms with Gasteiger partial charge >= 0.3 is 5.97 Å². The summed E-state index contributed by atoms with van der Waals surface area (Å²) >= 11 is 0. The van der Waals surface area contributed by atoms with Gasteiger partial charge in [-0.25, -0.2) is 4.79 Å². The van der Waals surface area contributed by atoms with Crippen molar-refractivity contribution in [2.75, 3.05) is 33.4 Å². The molecular formula is C45H63N5O11. The second-order valence-corrected chi connectivity index (χ2v) is 17.1. The van der Waals surface area contributed by atoms with Crippen molar-refractivity contribution in [1.29, 1.82) is 0 Å². The number of ether oxygens (including phenoxy) is 4. The molecule has 3 aliphatic rings. The monoisotopic (exact) mass is 849 g/mol. The number of aliphatic hydroxyl groups is 1. The fourth-order valence-electron chi connectivity index (χ4n) is 8.13. The number of hydrogen-bond acceptors (Lipinski definition) is 11. The summed E-state index contributed by atoms with van der Waals surface area (Å²) < 4.78 is 23.2. The van der Waals surface area contributed by atoms with Crippen LogP contribution in [-0.4, -0.2) is 115 Å². The number of benzene rings is 2. The van der Waals surface area contributed by atoms with Crippen molar-refractivity contribution in [2.45, 2.75) is 134 Å². The number of methoxy groups -OCH3 is 1. The maximum Gasteiger partial charge on any atom is 0.333 e. The SMILES string of the molecule is CCCC(NC(=O)[C@@H]1C[C@@H]2CN1C(=O)C(C1CCCCC1)NC(=O)Cc1cc(OC)cc(c1)OCCCO2)C(O)C(=O)NCC(=O)N[C@H](C(=O)OC(C)(C)C)c1ccccc1. The summed E-state index contributed by atoms with van der Waals surface area (Å²) in [6.07, 6.45) is 3.41. The largest absolute Gasteiger partial charge is 0.497 e. The molecule has 16 nitrogen and oxygen atoms in total. The molecule has 61 heavy (non-hydrogen) atoms. The Labute approximate surface area is 358 Å². The van der Waals surface area contributed by atoms with E-state index in [0.29, 0.717) is 48.7 Å². The van der Waals surface area contributed by atoms with Crippen LogP contribution in [0.1, 0.15) is 103 Å². The Morgan fingerprint density at radius 2 is 1.72 bits per heavy atom. The lowest BCUT2D eigenvalue weighted by atomic mass is 9.83. The molecule has 2 aliphatic heterocycles. The molecule has 5 rings (SSSR count). The summed E-state index contributed by atoms with van der Waals surface area (Å²) in [6.45, 7) is 7.11. The van der Waals surface area contributed by atoms with Crippen LogP contribution in [0.25, 0.3) is 0 Å². The normalized spacial score (nSPS) is 21.8. The van der Waals surface area contributed by atoms with Crippen molar-refractivity contribution >= 4 is 35.5 Å². The van der Waals surface area contributed by atoms with Crippen molar-refractivity contribution in [3.8, 4) is 11.5 Å². The van der Waals surface area contributed by atoms with Crippen LogP contribution in [0.2, 0.25) is 0 Å². The summed E-state index contributed by atoms with van der Waals surface area (Å²) in [5.74, 6) is -2.67. The number of amides is 5. The van der Waals surface area contributed by atoms with E-state index in [1.807, 2.05) is 6.92 Å². The smallest absolute Gasteiger partial charge is 0.333 e. The Balaban J connectivity index is 1.29. The first-order valence-corrected chi connectivity index (χ1v) is 21.5. The zero-order chi connectivity index (χ0) is 44.1. The van der Waals surface area contributed by atoms with Gasteiger partial charge in [-0.15, -0.1) is 0 Å². The number of hydrogen-bond donors (Lipinski definition) is 5. The third kappa shape index (κ3) is 13.6. The molecular weight excluding hydrogens is 787 g/mol. The highest BCUT2D eigenvalue weighted by Gasteiger charge is 2.45. The van der Waals surface area contributed by atoms with Gasteiger partial charge in [0.1, 0.15) is 29.2 Å². The van der Waals surface area contributed by atoms with Crippen LogP contribution < -0.4 is 30.7 Å². The Kier molecular flexibility index (Phi) is 16.9. The quantitative estimate of drug-likeness (QED) is 0.185. The minimum absolute atomic E-state index is 0.0165. The summed E-state index contributed by atoms with van der Waals surface area (Å²) in [7, 11) is 1.54. The van der Waals surface area contributed by atoms with Gasteiger partial charge in [-0.2, -0.15) is 0 Å². The van der Waals surface area contributed by atoms with Crippen LogP contribution in [0, 0.1) is 5.92 Å². The number of aliphatic hydroxyl groups excluding tert-OH is 1. The van der Waals surface area contributed by atoms with E-state index >= 15 is 0 Å². The van der Waals surface area contributed by atoms with Crippen LogP contribution >= 0.6 is 0 Å². The molecule has 334 valence electrons. The molecule has 1 saturated carbocycles. The van der Waals surface area contributed by atoms with Gasteiger partial charge in [0.2, 0.25) is 23.6 Å². The van der Waals surface area contributed by atoms with Crippen LogP contribution in [0.5, 0.6) is 11.5 Å². The molecule has 2 aromatic carbocycles. The van der Waals surface area contributed by atoms with Crippen molar-refractivity contribution in [3.05, 3.63) is 59.7 Å². The molecule has 2 heterocycles. The number of nitrogens with one attached hydrogen (secondary N) is 4. The molecule has 5 amide bonds. The fourth-order valence-corrected chi connectivity index (χ4v) is 8.13. The van der Waals surface area contributed by atoms with Crippen molar-refractivity contribution in [1.82, 2.24) is 26.2 Å². The minimum atomic E-state index is -1.76. The van der Waals surface area contributed by atoms with E-state index < -0.39 is 72.2 Å². The van der Waals surface area contributed by atoms with Crippen molar-refractivity contribution in [3.63, 3.8) is 0 Å². The molecule has 5 N–H and O–H groups in total. The average molecular weight is 850 g/mol. The van der Waals surface area contributed by atoms with Gasteiger partial charge in [-0.3, -0.25) is 24.0 Å². The number of fused-ring (bicyclic) bond motifs is 4. The predicted octanol–water partition coefficient (Wildman–Crippen LogP) is 3.03. The van der Waals surface area contributed by atoms with Gasteiger partial charge in [0.15, 0.2) is 12.1 Å². The summed E-state index contributed by atoms with van der Waals surface area (Å²) in [5.41, 5.74) is 0.321. The number of nitrogens with zero attached hydrogens (tertiary/aromatic N) is 1. The lowest BCUT2D eigenvalue weighted by molar-refractivity contribution is -0.158. The Hall–Kier alpha value is -5.22. The maximum atomic E-state index is 14.7. The fraction of sp³-hybridized carbons (Fsp3) is 0.600. The standard InChI is InChI=1S/C45H63N5O11/c1-6-14-34(40(53)42(55)46-26-37(52)49-39(30-17-11-8-12-18-30)44(57)61-45(2,3)4)47-41(54)35-25-33-27-50(35)43(56)38(29-15-9-7-10-16-29)48-36(51)23-28-21-31(58-5)24-32(22-28)59-19-13-20-60-33/h8,11-12,17-18,21-22,24,29,33-35,38-40,53H,6-7,9-10,13-16,19-20,23,25-27H2,1-5H3,(H,46,55)(H,47,54)(H,48,51)(H,49,52)/t33-,34?,35+,38?,39+,40?/m1/s1. The molecule has 4 bridgehead atoms. The first-order valence-electron chi connectivity index (χ1n) is 21.5. The summed E-state index contributed by atoms with van der Waals surface area (Å²) in [6, 6.07) is 9.69. The summed E-state index contributed by atoms with van der Waals surface area (Å²) in [5, 5.41) is 22.2. The number of esters is 1. The molecule has 16 heteroatoms. The highest BCUT2D eigenvalue weighted by molar-refractivity contribution is 5.94. The lowest BCUT2D eigenvalue weighted by Crippen LogP contribution is -2.58. The van der Waals surface area contributed by atoms with E-state index in [1.165, 1.54) is 12.0 Å². The molecule has 2 fully saturated rings. The van der Waals surface area contributed by atoms with Gasteiger partial charge in [0.05, 0.1) is 45.4 Å². The molecule has 0 aromatic heterocycles. The molecule has 1 aliphatic carbocycles. The van der Waals surface area contributed by atoms with Crippen LogP contribution in [0.4, 0.5) is 0 Å². The highest BCUT2D eigenvalue weighted by Crippen LogP contribution is 2.31. The van der Waals surface area contributed by atoms with Gasteiger partial charge in [0, 0.05) is 25.5 Å². The van der Waals surface area contributed by atoms with Gasteiger partial charge < -0.3 is 50.2 Å². The molecule has 6 atom stereocenters. The van der Waals surface area contributed by atoms with Crippen LogP contribution in [0.3, 0.4) is 0 Å². The third-order valence-corrected chi connectivity index (χ3v) is 11.1. The molecule has 2 aromatic rings. The first kappa shape index (κ1) is 46.8. The third-order valence-electron chi connectivity index (χ3n) is 11.1. The number of rotatable bonds is 13. The predicted molar refractivity (Wildman–Crippen MR) is 224 cm³/mol.